The summed E-state index contributed by atoms with van der Waals surface area (Å²) in [5, 5.41) is 0.806. The highest BCUT2D eigenvalue weighted by molar-refractivity contribution is 7.21. The SMILES string of the molecule is COCC(=O)N1CCCC(C)(c2ccc3c(N)c(C(=O)N(C)C)sc3n2)C1. The number of anilines is 1. The standard InChI is InChI=1S/C19H26N4O3S/c1-19(8-5-9-23(11-19)14(24)10-26-4)13-7-6-12-15(20)16(18(25)22(2)3)27-17(12)21-13/h6-7H,5,8-11,20H2,1-4H3. The number of piperidine rings is 1. The molecule has 8 heteroatoms. The maximum Gasteiger partial charge on any atom is 0.265 e. The van der Waals surface area contributed by atoms with Gasteiger partial charge in [0.15, 0.2) is 0 Å². The van der Waals surface area contributed by atoms with Crippen LogP contribution in [0.4, 0.5) is 5.69 Å². The zero-order chi connectivity index (χ0) is 19.8. The number of fused-ring (bicyclic) bond motifs is 1. The van der Waals surface area contributed by atoms with Crippen molar-refractivity contribution in [3.8, 4) is 0 Å². The van der Waals surface area contributed by atoms with Crippen LogP contribution in [0.15, 0.2) is 12.1 Å². The smallest absolute Gasteiger partial charge is 0.265 e. The lowest BCUT2D eigenvalue weighted by Crippen LogP contribution is -2.48. The molecule has 0 aromatic carbocycles. The third kappa shape index (κ3) is 3.64. The molecule has 1 fully saturated rings. The normalized spacial score (nSPS) is 20.1. The topological polar surface area (TPSA) is 88.8 Å². The van der Waals surface area contributed by atoms with E-state index in [4.69, 9.17) is 15.5 Å². The number of nitrogen functional groups attached to an aromatic ring is 1. The van der Waals surface area contributed by atoms with Crippen molar-refractivity contribution in [1.29, 1.82) is 0 Å². The van der Waals surface area contributed by atoms with Gasteiger partial charge in [-0.2, -0.15) is 0 Å². The van der Waals surface area contributed by atoms with Crippen molar-refractivity contribution in [3.63, 3.8) is 0 Å². The Hall–Kier alpha value is -2.19. The Labute approximate surface area is 163 Å². The minimum absolute atomic E-state index is 0.00346. The fourth-order valence-corrected chi connectivity index (χ4v) is 4.69. The number of methoxy groups -OCH3 is 1. The molecule has 1 aliphatic heterocycles. The molecule has 146 valence electrons. The highest BCUT2D eigenvalue weighted by atomic mass is 32.1. The molecule has 3 rings (SSSR count). The summed E-state index contributed by atoms with van der Waals surface area (Å²) in [4.78, 5) is 34.1. The molecule has 27 heavy (non-hydrogen) atoms. The van der Waals surface area contributed by atoms with Crippen LogP contribution in [0, 0.1) is 0 Å². The monoisotopic (exact) mass is 390 g/mol. The van der Waals surface area contributed by atoms with Crippen LogP contribution >= 0.6 is 11.3 Å². The predicted molar refractivity (Wildman–Crippen MR) is 107 cm³/mol. The first-order chi connectivity index (χ1) is 12.8. The summed E-state index contributed by atoms with van der Waals surface area (Å²) in [7, 11) is 4.95. The number of ether oxygens (including phenoxy) is 1. The van der Waals surface area contributed by atoms with Gasteiger partial charge in [0.05, 0.1) is 5.69 Å². The zero-order valence-corrected chi connectivity index (χ0v) is 17.1. The largest absolute Gasteiger partial charge is 0.397 e. The van der Waals surface area contributed by atoms with Crippen molar-refractivity contribution in [2.45, 2.75) is 25.2 Å². The van der Waals surface area contributed by atoms with Gasteiger partial charge in [-0.25, -0.2) is 4.98 Å². The summed E-state index contributed by atoms with van der Waals surface area (Å²) in [5.41, 5.74) is 7.37. The van der Waals surface area contributed by atoms with E-state index in [0.717, 1.165) is 35.3 Å². The molecular formula is C19H26N4O3S. The number of carbonyl (C=O) groups excluding carboxylic acids is 2. The van der Waals surface area contributed by atoms with Gasteiger partial charge in [-0.15, -0.1) is 11.3 Å². The number of rotatable bonds is 4. The minimum Gasteiger partial charge on any atom is -0.397 e. The van der Waals surface area contributed by atoms with Crippen molar-refractivity contribution in [2.24, 2.45) is 0 Å². The van der Waals surface area contributed by atoms with Crippen LogP contribution in [0.25, 0.3) is 10.2 Å². The van der Waals surface area contributed by atoms with Crippen LogP contribution in [-0.4, -0.2) is 67.5 Å². The van der Waals surface area contributed by atoms with Crippen LogP contribution in [0.3, 0.4) is 0 Å². The molecule has 1 unspecified atom stereocenters. The van der Waals surface area contributed by atoms with Crippen LogP contribution in [-0.2, 0) is 14.9 Å². The maximum absolute atomic E-state index is 12.3. The average Bonchev–Trinajstić information content (AvgIpc) is 2.97. The summed E-state index contributed by atoms with van der Waals surface area (Å²) in [6.45, 7) is 3.59. The molecule has 0 radical (unpaired) electrons. The number of pyridine rings is 1. The second-order valence-corrected chi connectivity index (χ2v) is 8.51. The van der Waals surface area contributed by atoms with Gasteiger partial charge in [-0.3, -0.25) is 9.59 Å². The number of thiophene rings is 1. The molecule has 1 saturated heterocycles. The second kappa shape index (κ2) is 7.44. The van der Waals surface area contributed by atoms with E-state index in [1.165, 1.54) is 23.3 Å². The lowest BCUT2D eigenvalue weighted by atomic mass is 9.78. The molecule has 0 bridgehead atoms. The number of nitrogens with zero attached hydrogens (tertiary/aromatic N) is 3. The fraction of sp³-hybridized carbons (Fsp3) is 0.526. The number of aromatic nitrogens is 1. The van der Waals surface area contributed by atoms with Crippen LogP contribution in [0.1, 0.15) is 35.1 Å². The van der Waals surface area contributed by atoms with E-state index in [0.29, 0.717) is 17.1 Å². The van der Waals surface area contributed by atoms with Gasteiger partial charge in [-0.1, -0.05) is 6.92 Å². The van der Waals surface area contributed by atoms with Crippen molar-refractivity contribution in [1.82, 2.24) is 14.8 Å². The van der Waals surface area contributed by atoms with E-state index in [1.807, 2.05) is 17.0 Å². The lowest BCUT2D eigenvalue weighted by Gasteiger charge is -2.40. The first-order valence-corrected chi connectivity index (χ1v) is 9.76. The van der Waals surface area contributed by atoms with Gasteiger partial charge >= 0.3 is 0 Å². The fourth-order valence-electron chi connectivity index (χ4n) is 3.57. The van der Waals surface area contributed by atoms with Crippen LogP contribution in [0.5, 0.6) is 0 Å². The number of hydrogen-bond acceptors (Lipinski definition) is 6. The molecule has 1 aliphatic rings. The third-order valence-corrected chi connectivity index (χ3v) is 6.23. The average molecular weight is 391 g/mol. The molecule has 0 saturated carbocycles. The number of hydrogen-bond donors (Lipinski definition) is 1. The summed E-state index contributed by atoms with van der Waals surface area (Å²) in [6.07, 6.45) is 1.87. The van der Waals surface area contributed by atoms with E-state index in [1.54, 1.807) is 14.1 Å². The van der Waals surface area contributed by atoms with Gasteiger partial charge in [0, 0.05) is 50.8 Å². The Morgan fingerprint density at radius 3 is 2.81 bits per heavy atom. The van der Waals surface area contributed by atoms with Gasteiger partial charge in [0.2, 0.25) is 5.91 Å². The number of nitrogens with two attached hydrogens (primary N) is 1. The predicted octanol–water partition coefficient (Wildman–Crippen LogP) is 2.11. The summed E-state index contributed by atoms with van der Waals surface area (Å²) in [6, 6.07) is 3.91. The number of likely N-dealkylation sites (tertiary alicyclic amines) is 1. The molecule has 2 aromatic heterocycles. The number of amides is 2. The van der Waals surface area contributed by atoms with E-state index < -0.39 is 0 Å². The highest BCUT2D eigenvalue weighted by Crippen LogP contribution is 2.37. The highest BCUT2D eigenvalue weighted by Gasteiger charge is 2.36. The Morgan fingerprint density at radius 2 is 2.15 bits per heavy atom. The third-order valence-electron chi connectivity index (χ3n) is 5.13. The van der Waals surface area contributed by atoms with E-state index in [-0.39, 0.29) is 23.8 Å². The minimum atomic E-state index is -0.236. The van der Waals surface area contributed by atoms with Crippen LogP contribution < -0.4 is 5.73 Å². The van der Waals surface area contributed by atoms with Crippen molar-refractivity contribution in [3.05, 3.63) is 22.7 Å². The van der Waals surface area contributed by atoms with Crippen molar-refractivity contribution < 1.29 is 14.3 Å². The quantitative estimate of drug-likeness (QED) is 0.864. The maximum atomic E-state index is 12.3. The molecule has 3 heterocycles. The molecule has 7 nitrogen and oxygen atoms in total. The Morgan fingerprint density at radius 1 is 1.41 bits per heavy atom. The lowest BCUT2D eigenvalue weighted by molar-refractivity contribution is -0.137. The number of carbonyl (C=O) groups is 2. The molecule has 2 aromatic rings. The Kier molecular flexibility index (Phi) is 5.39. The Balaban J connectivity index is 1.94. The molecule has 2 N–H and O–H groups in total. The molecule has 0 spiro atoms. The second-order valence-electron chi connectivity index (χ2n) is 7.51. The van der Waals surface area contributed by atoms with E-state index in [9.17, 15) is 9.59 Å². The summed E-state index contributed by atoms with van der Waals surface area (Å²) in [5.74, 6) is -0.110. The zero-order valence-electron chi connectivity index (χ0n) is 16.2. The van der Waals surface area contributed by atoms with Crippen molar-refractivity contribution >= 4 is 39.1 Å². The van der Waals surface area contributed by atoms with Crippen LogP contribution in [0.2, 0.25) is 0 Å². The Bertz CT molecular complexity index is 879. The van der Waals surface area contributed by atoms with E-state index >= 15 is 0 Å². The van der Waals surface area contributed by atoms with Crippen molar-refractivity contribution in [2.75, 3.05) is 46.6 Å². The van der Waals surface area contributed by atoms with Gasteiger partial charge in [-0.05, 0) is 25.0 Å². The molecular weight excluding hydrogens is 364 g/mol. The molecule has 2 amide bonds. The van der Waals surface area contributed by atoms with Gasteiger partial charge < -0.3 is 20.3 Å². The first-order valence-electron chi connectivity index (χ1n) is 8.94. The molecule has 0 aliphatic carbocycles. The summed E-state index contributed by atoms with van der Waals surface area (Å²) < 4.78 is 4.99. The summed E-state index contributed by atoms with van der Waals surface area (Å²) >= 11 is 1.32. The van der Waals surface area contributed by atoms with Gasteiger partial charge in [0.25, 0.3) is 5.91 Å². The van der Waals surface area contributed by atoms with Gasteiger partial charge in [0.1, 0.15) is 16.3 Å². The molecule has 1 atom stereocenters. The van der Waals surface area contributed by atoms with E-state index in [2.05, 4.69) is 6.92 Å². The first kappa shape index (κ1) is 19.6.